The maximum atomic E-state index is 12.6. The summed E-state index contributed by atoms with van der Waals surface area (Å²) < 4.78 is 6.97. The van der Waals surface area contributed by atoms with Gasteiger partial charge in [-0.3, -0.25) is 19.6 Å². The maximum Gasteiger partial charge on any atom is 0.246 e. The van der Waals surface area contributed by atoms with Gasteiger partial charge in [0.05, 0.1) is 24.7 Å². The number of rotatable bonds is 4. The van der Waals surface area contributed by atoms with E-state index in [2.05, 4.69) is 30.6 Å². The molecule has 0 aromatic carbocycles. The van der Waals surface area contributed by atoms with Crippen molar-refractivity contribution in [3.05, 3.63) is 36.6 Å². The highest BCUT2D eigenvalue weighted by atomic mass is 127. The van der Waals surface area contributed by atoms with Crippen LogP contribution in [-0.2, 0) is 18.4 Å². The topological polar surface area (TPSA) is 120 Å². The van der Waals surface area contributed by atoms with E-state index in [9.17, 15) is 4.79 Å². The largest absolute Gasteiger partial charge is 0.461 e. The van der Waals surface area contributed by atoms with Gasteiger partial charge in [-0.05, 0) is 12.1 Å². The van der Waals surface area contributed by atoms with E-state index in [0.29, 0.717) is 43.0 Å². The van der Waals surface area contributed by atoms with E-state index < -0.39 is 0 Å². The summed E-state index contributed by atoms with van der Waals surface area (Å²) in [6, 6.07) is 3.58. The zero-order valence-corrected chi connectivity index (χ0v) is 18.4. The molecule has 0 saturated carbocycles. The van der Waals surface area contributed by atoms with Gasteiger partial charge in [-0.2, -0.15) is 5.10 Å². The molecule has 1 fully saturated rings. The molecule has 4 rings (SSSR count). The number of hydrogen-bond acceptors (Lipinski definition) is 6. The summed E-state index contributed by atoms with van der Waals surface area (Å²) in [5.74, 6) is 2.38. The van der Waals surface area contributed by atoms with Crippen molar-refractivity contribution in [1.82, 2.24) is 35.2 Å². The molecule has 154 valence electrons. The van der Waals surface area contributed by atoms with Crippen LogP contribution in [-0.4, -0.2) is 68.4 Å². The van der Waals surface area contributed by atoms with Crippen molar-refractivity contribution in [2.75, 3.05) is 31.6 Å². The summed E-state index contributed by atoms with van der Waals surface area (Å²) in [4.78, 5) is 24.9. The second-order valence-corrected chi connectivity index (χ2v) is 6.32. The molecule has 1 aliphatic rings. The SMILES string of the molecule is CN=C(NCc1nc(-c2ccco2)n[nH]1)N1CCN(c2cnn(C)c2)C(=O)C1.I. The normalized spacial score (nSPS) is 14.8. The molecule has 1 amide bonds. The molecular formula is C17H22IN9O2. The minimum atomic E-state index is 0. The molecule has 0 atom stereocenters. The Hall–Kier alpha value is -2.90. The number of aryl methyl sites for hydroxylation is 1. The lowest BCUT2D eigenvalue weighted by molar-refractivity contribution is -0.120. The van der Waals surface area contributed by atoms with E-state index in [-0.39, 0.29) is 36.4 Å². The monoisotopic (exact) mass is 511 g/mol. The van der Waals surface area contributed by atoms with Crippen LogP contribution in [0.5, 0.6) is 0 Å². The summed E-state index contributed by atoms with van der Waals surface area (Å²) in [5, 5.41) is 14.4. The van der Waals surface area contributed by atoms with Crippen LogP contribution in [0.3, 0.4) is 0 Å². The standard InChI is InChI=1S/C17H21N9O2.HI/c1-18-17(19-9-14-21-16(23-22-14)13-4-3-7-28-13)25-5-6-26(15(27)11-25)12-8-20-24(2)10-12;/h3-4,7-8,10H,5-6,9,11H2,1-2H3,(H,18,19)(H,21,22,23);1H. The van der Waals surface area contributed by atoms with Gasteiger partial charge in [0.15, 0.2) is 11.7 Å². The number of furan rings is 1. The molecule has 3 aromatic heterocycles. The molecule has 0 bridgehead atoms. The predicted molar refractivity (Wildman–Crippen MR) is 117 cm³/mol. The molecule has 12 heteroatoms. The highest BCUT2D eigenvalue weighted by Gasteiger charge is 2.27. The summed E-state index contributed by atoms with van der Waals surface area (Å²) in [7, 11) is 3.52. The van der Waals surface area contributed by atoms with Gasteiger partial charge in [0.2, 0.25) is 11.7 Å². The van der Waals surface area contributed by atoms with Gasteiger partial charge in [0.25, 0.3) is 0 Å². The first-order valence-electron chi connectivity index (χ1n) is 8.84. The third-order valence-electron chi connectivity index (χ3n) is 4.42. The van der Waals surface area contributed by atoms with Gasteiger partial charge >= 0.3 is 0 Å². The Morgan fingerprint density at radius 2 is 2.28 bits per heavy atom. The lowest BCUT2D eigenvalue weighted by atomic mass is 10.3. The highest BCUT2D eigenvalue weighted by Crippen LogP contribution is 2.16. The van der Waals surface area contributed by atoms with Crippen LogP contribution < -0.4 is 10.2 Å². The first kappa shape index (κ1) is 20.8. The molecule has 0 spiro atoms. The Labute approximate surface area is 184 Å². The minimum Gasteiger partial charge on any atom is -0.461 e. The van der Waals surface area contributed by atoms with Crippen LogP contribution in [0, 0.1) is 0 Å². The van der Waals surface area contributed by atoms with E-state index in [1.807, 2.05) is 18.1 Å². The quantitative estimate of drug-likeness (QED) is 0.303. The molecule has 0 radical (unpaired) electrons. The zero-order valence-electron chi connectivity index (χ0n) is 16.1. The van der Waals surface area contributed by atoms with Crippen LogP contribution >= 0.6 is 24.0 Å². The molecule has 0 aliphatic carbocycles. The number of guanidine groups is 1. The van der Waals surface area contributed by atoms with Crippen LogP contribution in [0.2, 0.25) is 0 Å². The molecule has 11 nitrogen and oxygen atoms in total. The van der Waals surface area contributed by atoms with Gasteiger partial charge in [0.1, 0.15) is 12.4 Å². The Morgan fingerprint density at radius 1 is 1.41 bits per heavy atom. The average molecular weight is 511 g/mol. The van der Waals surface area contributed by atoms with Crippen LogP contribution in [0.1, 0.15) is 5.82 Å². The van der Waals surface area contributed by atoms with Crippen molar-refractivity contribution in [3.63, 3.8) is 0 Å². The van der Waals surface area contributed by atoms with Crippen molar-refractivity contribution in [2.24, 2.45) is 12.0 Å². The first-order valence-corrected chi connectivity index (χ1v) is 8.84. The van der Waals surface area contributed by atoms with Crippen molar-refractivity contribution in [3.8, 4) is 11.6 Å². The van der Waals surface area contributed by atoms with Gasteiger partial charge in [-0.25, -0.2) is 4.98 Å². The molecule has 0 unspecified atom stereocenters. The minimum absolute atomic E-state index is 0. The van der Waals surface area contributed by atoms with E-state index in [4.69, 9.17) is 4.42 Å². The summed E-state index contributed by atoms with van der Waals surface area (Å²) in [5.41, 5.74) is 0.808. The summed E-state index contributed by atoms with van der Waals surface area (Å²) in [6.45, 7) is 1.87. The van der Waals surface area contributed by atoms with Crippen molar-refractivity contribution < 1.29 is 9.21 Å². The second-order valence-electron chi connectivity index (χ2n) is 6.32. The second kappa shape index (κ2) is 9.07. The first-order chi connectivity index (χ1) is 13.6. The van der Waals surface area contributed by atoms with Gasteiger partial charge < -0.3 is 19.5 Å². The number of aliphatic imine (C=N–C) groups is 1. The summed E-state index contributed by atoms with van der Waals surface area (Å²) in [6.07, 6.45) is 5.11. The Bertz CT molecular complexity index is 979. The third kappa shape index (κ3) is 4.58. The van der Waals surface area contributed by atoms with Crippen LogP contribution in [0.4, 0.5) is 5.69 Å². The van der Waals surface area contributed by atoms with E-state index in [0.717, 1.165) is 5.69 Å². The fraction of sp³-hybridized carbons (Fsp3) is 0.353. The molecule has 1 saturated heterocycles. The van der Waals surface area contributed by atoms with E-state index in [1.165, 1.54) is 0 Å². The number of hydrogen-bond donors (Lipinski definition) is 2. The Balaban J connectivity index is 0.00000240. The number of nitrogens with zero attached hydrogens (tertiary/aromatic N) is 7. The van der Waals surface area contributed by atoms with Gasteiger partial charge in [-0.1, -0.05) is 0 Å². The van der Waals surface area contributed by atoms with Gasteiger partial charge in [0, 0.05) is 33.4 Å². The average Bonchev–Trinajstić information content (AvgIpc) is 3.44. The Morgan fingerprint density at radius 3 is 2.93 bits per heavy atom. The fourth-order valence-electron chi connectivity index (χ4n) is 3.06. The van der Waals surface area contributed by atoms with E-state index in [1.54, 1.807) is 41.2 Å². The fourth-order valence-corrected chi connectivity index (χ4v) is 3.06. The number of carbonyl (C=O) groups is 1. The molecule has 2 N–H and O–H groups in total. The van der Waals surface area contributed by atoms with Crippen LogP contribution in [0.15, 0.2) is 40.2 Å². The van der Waals surface area contributed by atoms with Crippen molar-refractivity contribution in [2.45, 2.75) is 6.54 Å². The molecule has 1 aliphatic heterocycles. The predicted octanol–water partition coefficient (Wildman–Crippen LogP) is 0.840. The number of aromatic nitrogens is 5. The van der Waals surface area contributed by atoms with Crippen molar-refractivity contribution in [1.29, 1.82) is 0 Å². The number of halogens is 1. The number of piperazine rings is 1. The molecule has 3 aromatic rings. The number of H-pyrrole nitrogens is 1. The number of carbonyl (C=O) groups excluding carboxylic acids is 1. The smallest absolute Gasteiger partial charge is 0.246 e. The molecule has 4 heterocycles. The lowest BCUT2D eigenvalue weighted by Gasteiger charge is -2.35. The number of aromatic amines is 1. The van der Waals surface area contributed by atoms with E-state index >= 15 is 0 Å². The zero-order chi connectivity index (χ0) is 19.5. The number of nitrogens with one attached hydrogen (secondary N) is 2. The van der Waals surface area contributed by atoms with Gasteiger partial charge in [-0.15, -0.1) is 29.1 Å². The highest BCUT2D eigenvalue weighted by molar-refractivity contribution is 14.0. The number of anilines is 1. The Kier molecular flexibility index (Phi) is 6.51. The third-order valence-corrected chi connectivity index (χ3v) is 4.42. The van der Waals surface area contributed by atoms with Crippen molar-refractivity contribution >= 4 is 41.5 Å². The maximum absolute atomic E-state index is 12.6. The summed E-state index contributed by atoms with van der Waals surface area (Å²) >= 11 is 0. The lowest BCUT2D eigenvalue weighted by Crippen LogP contribution is -2.55. The number of amides is 1. The van der Waals surface area contributed by atoms with Crippen LogP contribution in [0.25, 0.3) is 11.6 Å². The molecule has 29 heavy (non-hydrogen) atoms. The molecular weight excluding hydrogens is 489 g/mol.